The van der Waals surface area contributed by atoms with Crippen LogP contribution in [0.3, 0.4) is 0 Å². The molecule has 3 heterocycles. The molecule has 1 aliphatic rings. The topological polar surface area (TPSA) is 122 Å². The molecule has 0 unspecified atom stereocenters. The summed E-state index contributed by atoms with van der Waals surface area (Å²) in [5.41, 5.74) is 9.04. The van der Waals surface area contributed by atoms with Crippen LogP contribution >= 0.6 is 0 Å². The number of rotatable bonds is 7. The number of hydrogen-bond acceptors (Lipinski definition) is 6. The lowest BCUT2D eigenvalue weighted by molar-refractivity contribution is -0.120. The van der Waals surface area contributed by atoms with Gasteiger partial charge in [-0.2, -0.15) is 0 Å². The second-order valence-electron chi connectivity index (χ2n) is 8.98. The van der Waals surface area contributed by atoms with Gasteiger partial charge in [0.05, 0.1) is 17.4 Å². The van der Waals surface area contributed by atoms with Crippen LogP contribution in [0.4, 0.5) is 14.9 Å². The number of imide groups is 1. The predicted octanol–water partition coefficient (Wildman–Crippen LogP) is 3.81. The van der Waals surface area contributed by atoms with Gasteiger partial charge in [-0.05, 0) is 42.4 Å². The smallest absolute Gasteiger partial charge is 0.328 e. The van der Waals surface area contributed by atoms with Crippen molar-refractivity contribution in [2.45, 2.75) is 19.5 Å². The Morgan fingerprint density at radius 1 is 1.16 bits per heavy atom. The first-order chi connectivity index (χ1) is 17.8. The molecule has 4 amide bonds. The van der Waals surface area contributed by atoms with Gasteiger partial charge in [-0.3, -0.25) is 29.7 Å². The zero-order valence-corrected chi connectivity index (χ0v) is 20.0. The Bertz CT molecular complexity index is 1520. The lowest BCUT2D eigenvalue weighted by atomic mass is 10.1. The highest BCUT2D eigenvalue weighted by molar-refractivity contribution is 6.06. The number of amides is 4. The third-order valence-electron chi connectivity index (χ3n) is 6.21. The summed E-state index contributed by atoms with van der Waals surface area (Å²) in [4.78, 5) is 43.3. The molecule has 1 fully saturated rings. The summed E-state index contributed by atoms with van der Waals surface area (Å²) in [5, 5.41) is 2.81. The van der Waals surface area contributed by atoms with E-state index in [-0.39, 0.29) is 23.5 Å². The second-order valence-corrected chi connectivity index (χ2v) is 8.98. The van der Waals surface area contributed by atoms with Crippen molar-refractivity contribution in [2.75, 3.05) is 18.5 Å². The number of carbonyl (C=O) groups is 3. The summed E-state index contributed by atoms with van der Waals surface area (Å²) in [6.45, 7) is 1.50. The third kappa shape index (κ3) is 5.05. The monoisotopic (exact) mass is 501 g/mol. The Morgan fingerprint density at radius 3 is 2.68 bits per heavy atom. The average molecular weight is 502 g/mol. The fourth-order valence-corrected chi connectivity index (χ4v) is 4.46. The standard InChI is InChI=1S/C27H24FN5O4/c1-32(15-18-6-8-30-13-22(18)33-9-7-24(34)31-27(33)36)14-16-2-4-17(5-3-16)23-11-19-10-20(28)12-21(26(29)35)25(19)37-23/h2-6,8,10-13H,7,9,14-15H2,1H3,(H2,29,35)(H,31,34,36). The average Bonchev–Trinajstić information content (AvgIpc) is 3.28. The second kappa shape index (κ2) is 9.82. The molecule has 4 aromatic rings. The van der Waals surface area contributed by atoms with Crippen molar-refractivity contribution in [3.63, 3.8) is 0 Å². The molecule has 1 saturated heterocycles. The molecule has 37 heavy (non-hydrogen) atoms. The quantitative estimate of drug-likeness (QED) is 0.397. The summed E-state index contributed by atoms with van der Waals surface area (Å²) in [6.07, 6.45) is 3.56. The van der Waals surface area contributed by atoms with E-state index in [0.29, 0.717) is 36.5 Å². The Labute approximate surface area is 211 Å². The maximum atomic E-state index is 13.9. The summed E-state index contributed by atoms with van der Waals surface area (Å²) in [7, 11) is 1.97. The Hall–Kier alpha value is -4.57. The molecular formula is C27H24FN5O4. The van der Waals surface area contributed by atoms with Crippen LogP contribution in [0.15, 0.2) is 65.3 Å². The summed E-state index contributed by atoms with van der Waals surface area (Å²) < 4.78 is 19.7. The Balaban J connectivity index is 1.30. The summed E-state index contributed by atoms with van der Waals surface area (Å²) >= 11 is 0. The molecule has 0 bridgehead atoms. The van der Waals surface area contributed by atoms with Crippen molar-refractivity contribution in [3.05, 3.63) is 83.4 Å². The molecule has 2 aromatic heterocycles. The molecule has 1 aliphatic heterocycles. The maximum Gasteiger partial charge on any atom is 0.328 e. The molecule has 0 atom stereocenters. The number of urea groups is 1. The van der Waals surface area contributed by atoms with Crippen molar-refractivity contribution in [1.82, 2.24) is 15.2 Å². The first-order valence-corrected chi connectivity index (χ1v) is 11.6. The largest absolute Gasteiger partial charge is 0.455 e. The van der Waals surface area contributed by atoms with Gasteiger partial charge in [-0.25, -0.2) is 9.18 Å². The number of benzene rings is 2. The van der Waals surface area contributed by atoms with Crippen LogP contribution in [0.5, 0.6) is 0 Å². The molecular weight excluding hydrogens is 477 g/mol. The van der Waals surface area contributed by atoms with Crippen LogP contribution in [0.1, 0.15) is 27.9 Å². The first-order valence-electron chi connectivity index (χ1n) is 11.6. The van der Waals surface area contributed by atoms with Crippen LogP contribution in [-0.2, 0) is 17.9 Å². The van der Waals surface area contributed by atoms with Gasteiger partial charge in [0.25, 0.3) is 5.91 Å². The number of anilines is 1. The van der Waals surface area contributed by atoms with E-state index in [2.05, 4.69) is 15.2 Å². The maximum absolute atomic E-state index is 13.9. The molecule has 0 saturated carbocycles. The molecule has 5 rings (SSSR count). The van der Waals surface area contributed by atoms with Gasteiger partial charge in [0, 0.05) is 43.2 Å². The third-order valence-corrected chi connectivity index (χ3v) is 6.21. The van der Waals surface area contributed by atoms with Crippen LogP contribution in [-0.4, -0.2) is 41.3 Å². The van der Waals surface area contributed by atoms with Gasteiger partial charge in [0.15, 0.2) is 0 Å². The first kappa shape index (κ1) is 24.1. The van der Waals surface area contributed by atoms with Gasteiger partial charge in [0.2, 0.25) is 5.91 Å². The summed E-state index contributed by atoms with van der Waals surface area (Å²) in [6, 6.07) is 13.2. The zero-order chi connectivity index (χ0) is 26.1. The van der Waals surface area contributed by atoms with Crippen molar-refractivity contribution in [1.29, 1.82) is 0 Å². The van der Waals surface area contributed by atoms with Gasteiger partial charge < -0.3 is 10.2 Å². The van der Waals surface area contributed by atoms with Crippen molar-refractivity contribution < 1.29 is 23.2 Å². The number of primary amides is 1. The minimum atomic E-state index is -0.754. The minimum absolute atomic E-state index is 0.00334. The summed E-state index contributed by atoms with van der Waals surface area (Å²) in [5.74, 6) is -1.09. The molecule has 0 spiro atoms. The highest BCUT2D eigenvalue weighted by Crippen LogP contribution is 2.31. The predicted molar refractivity (Wildman–Crippen MR) is 135 cm³/mol. The highest BCUT2D eigenvalue weighted by Gasteiger charge is 2.26. The van der Waals surface area contributed by atoms with Crippen LogP contribution in [0.2, 0.25) is 0 Å². The zero-order valence-electron chi connectivity index (χ0n) is 20.0. The van der Waals surface area contributed by atoms with E-state index in [1.54, 1.807) is 18.5 Å². The molecule has 9 nitrogen and oxygen atoms in total. The fraction of sp³-hybridized carbons (Fsp3) is 0.185. The molecule has 188 valence electrons. The van der Waals surface area contributed by atoms with E-state index in [1.807, 2.05) is 37.4 Å². The van der Waals surface area contributed by atoms with Crippen LogP contribution < -0.4 is 16.0 Å². The van der Waals surface area contributed by atoms with Crippen LogP contribution in [0.25, 0.3) is 22.3 Å². The number of furan rings is 1. The van der Waals surface area contributed by atoms with E-state index < -0.39 is 17.8 Å². The number of fused-ring (bicyclic) bond motifs is 1. The molecule has 3 N–H and O–H groups in total. The van der Waals surface area contributed by atoms with Crippen molar-refractivity contribution in [2.24, 2.45) is 5.73 Å². The Morgan fingerprint density at radius 2 is 1.95 bits per heavy atom. The van der Waals surface area contributed by atoms with E-state index in [1.165, 1.54) is 11.0 Å². The number of nitrogens with zero attached hydrogens (tertiary/aromatic N) is 3. The highest BCUT2D eigenvalue weighted by atomic mass is 19.1. The SMILES string of the molecule is CN(Cc1ccc(-c2cc3cc(F)cc(C(N)=O)c3o2)cc1)Cc1ccncc1N1CCC(=O)NC1=O. The van der Waals surface area contributed by atoms with E-state index in [4.69, 9.17) is 10.2 Å². The van der Waals surface area contributed by atoms with Crippen molar-refractivity contribution >= 4 is 34.5 Å². The lowest BCUT2D eigenvalue weighted by Gasteiger charge is -2.29. The molecule has 2 aromatic carbocycles. The number of pyridine rings is 1. The minimum Gasteiger partial charge on any atom is -0.455 e. The van der Waals surface area contributed by atoms with Gasteiger partial charge >= 0.3 is 6.03 Å². The molecule has 10 heteroatoms. The normalized spacial score (nSPS) is 13.9. The fourth-order valence-electron chi connectivity index (χ4n) is 4.46. The van der Waals surface area contributed by atoms with E-state index >= 15 is 0 Å². The van der Waals surface area contributed by atoms with Gasteiger partial charge in [-0.15, -0.1) is 0 Å². The molecule has 0 radical (unpaired) electrons. The number of hydrogen-bond donors (Lipinski definition) is 2. The van der Waals surface area contributed by atoms with E-state index in [9.17, 15) is 18.8 Å². The Kier molecular flexibility index (Phi) is 6.41. The number of nitrogens with one attached hydrogen (secondary N) is 1. The van der Waals surface area contributed by atoms with Gasteiger partial charge in [0.1, 0.15) is 17.2 Å². The molecule has 0 aliphatic carbocycles. The number of aromatic nitrogens is 1. The lowest BCUT2D eigenvalue weighted by Crippen LogP contribution is -2.50. The number of nitrogens with two attached hydrogens (primary N) is 1. The van der Waals surface area contributed by atoms with Crippen LogP contribution in [0, 0.1) is 5.82 Å². The number of halogens is 1. The van der Waals surface area contributed by atoms with Gasteiger partial charge in [-0.1, -0.05) is 24.3 Å². The van der Waals surface area contributed by atoms with E-state index in [0.717, 1.165) is 22.8 Å². The number of carbonyl (C=O) groups excluding carboxylic acids is 3. The van der Waals surface area contributed by atoms with Crippen molar-refractivity contribution in [3.8, 4) is 11.3 Å².